The molecule has 100 valence electrons. The second kappa shape index (κ2) is 6.40. The number of carboxylic acid groups (broad SMARTS) is 1. The number of carbonyl (C=O) groups excluding carboxylic acids is 1. The van der Waals surface area contributed by atoms with Gasteiger partial charge in [-0.15, -0.1) is 0 Å². The number of hydrogen-bond donors (Lipinski definition) is 2. The van der Waals surface area contributed by atoms with E-state index < -0.39 is 12.1 Å². The first kappa shape index (κ1) is 14.5. The molecule has 2 amide bonds. The lowest BCUT2D eigenvalue weighted by Gasteiger charge is -2.12. The first-order valence-corrected chi connectivity index (χ1v) is 5.63. The van der Waals surface area contributed by atoms with E-state index in [4.69, 9.17) is 10.4 Å². The summed E-state index contributed by atoms with van der Waals surface area (Å²) in [7, 11) is 3.33. The summed E-state index contributed by atoms with van der Waals surface area (Å²) in [6.07, 6.45) is -0.967. The molecule has 6 heteroatoms. The van der Waals surface area contributed by atoms with Gasteiger partial charge in [0.05, 0.1) is 6.07 Å². The Bertz CT molecular complexity index is 503. The third-order valence-corrected chi connectivity index (χ3v) is 2.50. The summed E-state index contributed by atoms with van der Waals surface area (Å²) in [4.78, 5) is 23.6. The van der Waals surface area contributed by atoms with Crippen molar-refractivity contribution in [2.75, 3.05) is 14.1 Å². The zero-order chi connectivity index (χ0) is 14.4. The Kier molecular flexibility index (Phi) is 4.89. The standard InChI is InChI=1S/C13H15N3O3/c1-16(2)12(17)10-5-3-9(4-6-10)7-11(8-14)15-13(18)19/h3-6,11,15H,7H2,1-2H3,(H,18,19)/t11-/m0/s1. The van der Waals surface area contributed by atoms with Gasteiger partial charge in [-0.1, -0.05) is 12.1 Å². The van der Waals surface area contributed by atoms with Crippen LogP contribution in [-0.2, 0) is 6.42 Å². The van der Waals surface area contributed by atoms with Crippen LogP contribution in [0, 0.1) is 11.3 Å². The molecule has 1 atom stereocenters. The lowest BCUT2D eigenvalue weighted by Crippen LogP contribution is -2.34. The van der Waals surface area contributed by atoms with Crippen LogP contribution < -0.4 is 5.32 Å². The highest BCUT2D eigenvalue weighted by molar-refractivity contribution is 5.93. The molecule has 0 aromatic heterocycles. The molecule has 19 heavy (non-hydrogen) atoms. The molecule has 0 saturated heterocycles. The summed E-state index contributed by atoms with van der Waals surface area (Å²) < 4.78 is 0. The van der Waals surface area contributed by atoms with Crippen LogP contribution >= 0.6 is 0 Å². The van der Waals surface area contributed by atoms with Gasteiger partial charge in [0.15, 0.2) is 0 Å². The van der Waals surface area contributed by atoms with Crippen molar-refractivity contribution in [1.82, 2.24) is 10.2 Å². The molecule has 1 rings (SSSR count). The van der Waals surface area contributed by atoms with Gasteiger partial charge in [0.1, 0.15) is 6.04 Å². The topological polar surface area (TPSA) is 93.4 Å². The SMILES string of the molecule is CN(C)C(=O)c1ccc(C[C@@H](C#N)NC(=O)O)cc1. The maximum atomic E-state index is 11.7. The molecule has 6 nitrogen and oxygen atoms in total. The van der Waals surface area contributed by atoms with E-state index in [1.54, 1.807) is 38.4 Å². The molecule has 1 aromatic carbocycles. The maximum Gasteiger partial charge on any atom is 0.405 e. The van der Waals surface area contributed by atoms with E-state index in [1.807, 2.05) is 6.07 Å². The van der Waals surface area contributed by atoms with Gasteiger partial charge < -0.3 is 15.3 Å². The Morgan fingerprint density at radius 2 is 1.95 bits per heavy atom. The molecule has 0 heterocycles. The van der Waals surface area contributed by atoms with E-state index in [9.17, 15) is 9.59 Å². The summed E-state index contributed by atoms with van der Waals surface area (Å²) in [5, 5.41) is 19.5. The average Bonchev–Trinajstić information content (AvgIpc) is 2.37. The molecule has 0 saturated carbocycles. The van der Waals surface area contributed by atoms with Crippen LogP contribution in [0.5, 0.6) is 0 Å². The van der Waals surface area contributed by atoms with E-state index in [0.717, 1.165) is 5.56 Å². The van der Waals surface area contributed by atoms with E-state index in [1.165, 1.54) is 4.90 Å². The predicted molar refractivity (Wildman–Crippen MR) is 68.7 cm³/mol. The number of nitrogens with zero attached hydrogens (tertiary/aromatic N) is 2. The van der Waals surface area contributed by atoms with Crippen LogP contribution in [0.25, 0.3) is 0 Å². The normalized spacial score (nSPS) is 11.2. The van der Waals surface area contributed by atoms with Crippen molar-refractivity contribution in [1.29, 1.82) is 5.26 Å². The molecule has 0 unspecified atom stereocenters. The Balaban J connectivity index is 2.74. The molecule has 0 bridgehead atoms. The summed E-state index contributed by atoms with van der Waals surface area (Å²) in [5.74, 6) is -0.105. The van der Waals surface area contributed by atoms with Crippen molar-refractivity contribution in [3.63, 3.8) is 0 Å². The van der Waals surface area contributed by atoms with Gasteiger partial charge >= 0.3 is 6.09 Å². The average molecular weight is 261 g/mol. The summed E-state index contributed by atoms with van der Waals surface area (Å²) in [6, 6.07) is 7.82. The third kappa shape index (κ3) is 4.32. The fourth-order valence-electron chi connectivity index (χ4n) is 1.56. The molecule has 0 fully saturated rings. The predicted octanol–water partition coefficient (Wildman–Crippen LogP) is 1.09. The van der Waals surface area contributed by atoms with E-state index in [0.29, 0.717) is 5.56 Å². The quantitative estimate of drug-likeness (QED) is 0.848. The van der Waals surface area contributed by atoms with Gasteiger partial charge in [0, 0.05) is 26.1 Å². The minimum Gasteiger partial charge on any atom is -0.465 e. The summed E-state index contributed by atoms with van der Waals surface area (Å²) >= 11 is 0. The van der Waals surface area contributed by atoms with Gasteiger partial charge in [-0.3, -0.25) is 4.79 Å². The number of amides is 2. The largest absolute Gasteiger partial charge is 0.465 e. The minimum atomic E-state index is -1.23. The lowest BCUT2D eigenvalue weighted by atomic mass is 10.0. The number of nitrogens with one attached hydrogen (secondary N) is 1. The second-order valence-electron chi connectivity index (χ2n) is 4.23. The van der Waals surface area contributed by atoms with Gasteiger partial charge in [0.2, 0.25) is 0 Å². The number of benzene rings is 1. The molecule has 0 aliphatic heterocycles. The fourth-order valence-corrected chi connectivity index (χ4v) is 1.56. The molecular formula is C13H15N3O3. The van der Waals surface area contributed by atoms with Crippen molar-refractivity contribution in [3.05, 3.63) is 35.4 Å². The van der Waals surface area contributed by atoms with Crippen molar-refractivity contribution < 1.29 is 14.7 Å². The van der Waals surface area contributed by atoms with Crippen LogP contribution in [0.15, 0.2) is 24.3 Å². The van der Waals surface area contributed by atoms with Crippen molar-refractivity contribution in [2.45, 2.75) is 12.5 Å². The number of carbonyl (C=O) groups is 2. The number of hydrogen-bond acceptors (Lipinski definition) is 3. The highest BCUT2D eigenvalue weighted by Crippen LogP contribution is 2.08. The van der Waals surface area contributed by atoms with E-state index in [2.05, 4.69) is 5.32 Å². The number of rotatable bonds is 4. The zero-order valence-electron chi connectivity index (χ0n) is 10.8. The molecule has 0 radical (unpaired) electrons. The molecular weight excluding hydrogens is 246 g/mol. The second-order valence-corrected chi connectivity index (χ2v) is 4.23. The van der Waals surface area contributed by atoms with Crippen molar-refractivity contribution >= 4 is 12.0 Å². The Labute approximate surface area is 111 Å². The fraction of sp³-hybridized carbons (Fsp3) is 0.308. The van der Waals surface area contributed by atoms with Gasteiger partial charge in [-0.05, 0) is 17.7 Å². The maximum absolute atomic E-state index is 11.7. The molecule has 0 spiro atoms. The molecule has 2 N–H and O–H groups in total. The molecule has 0 aliphatic rings. The summed E-state index contributed by atoms with van der Waals surface area (Å²) in [5.41, 5.74) is 1.34. The minimum absolute atomic E-state index is 0.105. The van der Waals surface area contributed by atoms with Gasteiger partial charge in [-0.25, -0.2) is 4.79 Å². The van der Waals surface area contributed by atoms with Crippen molar-refractivity contribution in [2.24, 2.45) is 0 Å². The van der Waals surface area contributed by atoms with Crippen LogP contribution in [-0.4, -0.2) is 42.1 Å². The first-order valence-electron chi connectivity index (χ1n) is 5.63. The highest BCUT2D eigenvalue weighted by atomic mass is 16.4. The van der Waals surface area contributed by atoms with Gasteiger partial charge in [0.25, 0.3) is 5.91 Å². The molecule has 0 aliphatic carbocycles. The Hall–Kier alpha value is -2.55. The smallest absolute Gasteiger partial charge is 0.405 e. The van der Waals surface area contributed by atoms with Crippen LogP contribution in [0.2, 0.25) is 0 Å². The highest BCUT2D eigenvalue weighted by Gasteiger charge is 2.12. The monoisotopic (exact) mass is 261 g/mol. The van der Waals surface area contributed by atoms with Crippen molar-refractivity contribution in [3.8, 4) is 6.07 Å². The van der Waals surface area contributed by atoms with Crippen LogP contribution in [0.3, 0.4) is 0 Å². The third-order valence-electron chi connectivity index (χ3n) is 2.50. The molecule has 1 aromatic rings. The lowest BCUT2D eigenvalue weighted by molar-refractivity contribution is 0.0827. The Morgan fingerprint density at radius 1 is 1.37 bits per heavy atom. The van der Waals surface area contributed by atoms with E-state index >= 15 is 0 Å². The van der Waals surface area contributed by atoms with E-state index in [-0.39, 0.29) is 12.3 Å². The number of nitriles is 1. The van der Waals surface area contributed by atoms with Gasteiger partial charge in [-0.2, -0.15) is 5.26 Å². The van der Waals surface area contributed by atoms with Crippen LogP contribution in [0.4, 0.5) is 4.79 Å². The Morgan fingerprint density at radius 3 is 2.37 bits per heavy atom. The van der Waals surface area contributed by atoms with Crippen LogP contribution in [0.1, 0.15) is 15.9 Å². The zero-order valence-corrected chi connectivity index (χ0v) is 10.8. The first-order chi connectivity index (χ1) is 8.93. The summed E-state index contributed by atoms with van der Waals surface area (Å²) in [6.45, 7) is 0.